The minimum absolute atomic E-state index is 0.0953. The number of nitrogens with one attached hydrogen (secondary N) is 1. The van der Waals surface area contributed by atoms with Gasteiger partial charge in [0, 0.05) is 19.5 Å². The van der Waals surface area contributed by atoms with E-state index in [9.17, 15) is 4.79 Å². The van der Waals surface area contributed by atoms with Crippen molar-refractivity contribution in [1.29, 1.82) is 0 Å². The molecule has 1 heterocycles. The van der Waals surface area contributed by atoms with Crippen molar-refractivity contribution in [3.8, 4) is 0 Å². The second-order valence-corrected chi connectivity index (χ2v) is 3.43. The first-order valence-corrected chi connectivity index (χ1v) is 4.72. The van der Waals surface area contributed by atoms with Crippen LogP contribution in [0.5, 0.6) is 0 Å². The molecule has 0 bridgehead atoms. The summed E-state index contributed by atoms with van der Waals surface area (Å²) in [6.07, 6.45) is 2.34. The Bertz CT molecular complexity index is 159. The van der Waals surface area contributed by atoms with Gasteiger partial charge >= 0.3 is 0 Å². The van der Waals surface area contributed by atoms with E-state index in [0.717, 1.165) is 19.5 Å². The Labute approximate surface area is 74.1 Å². The maximum Gasteiger partial charge on any atom is 0.217 e. The molecular formula is C9H18N2O. The molecule has 0 radical (unpaired) electrons. The maximum absolute atomic E-state index is 10.8. The molecule has 0 aromatic heterocycles. The molecule has 0 aromatic rings. The van der Waals surface area contributed by atoms with Crippen molar-refractivity contribution >= 4 is 5.91 Å². The van der Waals surface area contributed by atoms with Gasteiger partial charge in [-0.3, -0.25) is 4.79 Å². The Morgan fingerprint density at radius 1 is 1.67 bits per heavy atom. The van der Waals surface area contributed by atoms with E-state index in [2.05, 4.69) is 17.1 Å². The van der Waals surface area contributed by atoms with Gasteiger partial charge in [0.2, 0.25) is 5.91 Å². The standard InChI is InChI=1S/C9H18N2O/c1-3-11-6-4-5-9(7-11)10-8(2)12/h9H,3-7H2,1-2H3,(H,10,12). The van der Waals surface area contributed by atoms with Gasteiger partial charge in [0.05, 0.1) is 0 Å². The average Bonchev–Trinajstić information content (AvgIpc) is 2.03. The highest BCUT2D eigenvalue weighted by molar-refractivity contribution is 5.73. The van der Waals surface area contributed by atoms with Gasteiger partial charge < -0.3 is 10.2 Å². The predicted molar refractivity (Wildman–Crippen MR) is 49.0 cm³/mol. The molecule has 0 spiro atoms. The van der Waals surface area contributed by atoms with Crippen LogP contribution >= 0.6 is 0 Å². The molecule has 1 aliphatic rings. The van der Waals surface area contributed by atoms with Crippen LogP contribution in [0.2, 0.25) is 0 Å². The first-order chi connectivity index (χ1) is 5.72. The Balaban J connectivity index is 2.30. The lowest BCUT2D eigenvalue weighted by Crippen LogP contribution is -2.46. The molecule has 1 amide bonds. The van der Waals surface area contributed by atoms with E-state index < -0.39 is 0 Å². The molecule has 0 aromatic carbocycles. The predicted octanol–water partition coefficient (Wildman–Crippen LogP) is 0.607. The summed E-state index contributed by atoms with van der Waals surface area (Å²) in [5, 5.41) is 2.97. The van der Waals surface area contributed by atoms with Crippen LogP contribution in [0.25, 0.3) is 0 Å². The van der Waals surface area contributed by atoms with Gasteiger partial charge in [-0.2, -0.15) is 0 Å². The van der Waals surface area contributed by atoms with E-state index in [4.69, 9.17) is 0 Å². The topological polar surface area (TPSA) is 32.3 Å². The average molecular weight is 170 g/mol. The summed E-state index contributed by atoms with van der Waals surface area (Å²) in [6, 6.07) is 0.385. The minimum atomic E-state index is 0.0953. The highest BCUT2D eigenvalue weighted by Gasteiger charge is 2.18. The smallest absolute Gasteiger partial charge is 0.217 e. The summed E-state index contributed by atoms with van der Waals surface area (Å²) < 4.78 is 0. The summed E-state index contributed by atoms with van der Waals surface area (Å²) in [7, 11) is 0. The third-order valence-corrected chi connectivity index (χ3v) is 2.36. The summed E-state index contributed by atoms with van der Waals surface area (Å²) in [4.78, 5) is 13.2. The van der Waals surface area contributed by atoms with Gasteiger partial charge in [0.25, 0.3) is 0 Å². The molecule has 1 atom stereocenters. The van der Waals surface area contributed by atoms with Crippen LogP contribution in [-0.4, -0.2) is 36.5 Å². The fraction of sp³-hybridized carbons (Fsp3) is 0.889. The first kappa shape index (κ1) is 9.52. The van der Waals surface area contributed by atoms with Crippen LogP contribution in [0.3, 0.4) is 0 Å². The van der Waals surface area contributed by atoms with Crippen LogP contribution in [0.4, 0.5) is 0 Å². The van der Waals surface area contributed by atoms with Crippen molar-refractivity contribution < 1.29 is 4.79 Å². The van der Waals surface area contributed by atoms with Crippen LogP contribution < -0.4 is 5.32 Å². The number of carbonyl (C=O) groups is 1. The molecule has 3 heteroatoms. The summed E-state index contributed by atoms with van der Waals surface area (Å²) in [6.45, 7) is 7.06. The van der Waals surface area contributed by atoms with Crippen LogP contribution in [-0.2, 0) is 4.79 Å². The number of piperidine rings is 1. The number of amides is 1. The molecule has 1 saturated heterocycles. The monoisotopic (exact) mass is 170 g/mol. The SMILES string of the molecule is CCN1CCCC(NC(C)=O)C1. The summed E-state index contributed by atoms with van der Waals surface area (Å²) >= 11 is 0. The quantitative estimate of drug-likeness (QED) is 0.658. The maximum atomic E-state index is 10.8. The number of carbonyl (C=O) groups excluding carboxylic acids is 1. The van der Waals surface area contributed by atoms with Crippen molar-refractivity contribution in [2.75, 3.05) is 19.6 Å². The third-order valence-electron chi connectivity index (χ3n) is 2.36. The van der Waals surface area contributed by atoms with E-state index in [1.807, 2.05) is 0 Å². The van der Waals surface area contributed by atoms with Gasteiger partial charge in [0.1, 0.15) is 0 Å². The largest absolute Gasteiger partial charge is 0.352 e. The summed E-state index contributed by atoms with van der Waals surface area (Å²) in [5.74, 6) is 0.0953. The highest BCUT2D eigenvalue weighted by Crippen LogP contribution is 2.08. The van der Waals surface area contributed by atoms with Gasteiger partial charge in [0.15, 0.2) is 0 Å². The Kier molecular flexibility index (Phi) is 3.53. The van der Waals surface area contributed by atoms with Crippen molar-refractivity contribution in [3.05, 3.63) is 0 Å². The molecule has 1 unspecified atom stereocenters. The highest BCUT2D eigenvalue weighted by atomic mass is 16.1. The van der Waals surface area contributed by atoms with Gasteiger partial charge in [-0.15, -0.1) is 0 Å². The molecular weight excluding hydrogens is 152 g/mol. The van der Waals surface area contributed by atoms with Crippen molar-refractivity contribution in [2.45, 2.75) is 32.7 Å². The number of likely N-dealkylation sites (N-methyl/N-ethyl adjacent to an activating group) is 1. The van der Waals surface area contributed by atoms with Crippen molar-refractivity contribution in [2.24, 2.45) is 0 Å². The zero-order valence-corrected chi connectivity index (χ0v) is 7.97. The van der Waals surface area contributed by atoms with Gasteiger partial charge in [-0.25, -0.2) is 0 Å². The van der Waals surface area contributed by atoms with E-state index in [1.54, 1.807) is 6.92 Å². The van der Waals surface area contributed by atoms with Crippen LogP contribution in [0.15, 0.2) is 0 Å². The zero-order chi connectivity index (χ0) is 8.97. The molecule has 0 aliphatic carbocycles. The number of likely N-dealkylation sites (tertiary alicyclic amines) is 1. The zero-order valence-electron chi connectivity index (χ0n) is 7.97. The number of rotatable bonds is 2. The lowest BCUT2D eigenvalue weighted by molar-refractivity contribution is -0.120. The van der Waals surface area contributed by atoms with Crippen LogP contribution in [0.1, 0.15) is 26.7 Å². The molecule has 12 heavy (non-hydrogen) atoms. The van der Waals surface area contributed by atoms with E-state index in [-0.39, 0.29) is 5.91 Å². The second kappa shape index (κ2) is 4.45. The molecule has 1 aliphatic heterocycles. The van der Waals surface area contributed by atoms with Crippen molar-refractivity contribution in [1.82, 2.24) is 10.2 Å². The first-order valence-electron chi connectivity index (χ1n) is 4.72. The van der Waals surface area contributed by atoms with E-state index >= 15 is 0 Å². The van der Waals surface area contributed by atoms with Crippen molar-refractivity contribution in [3.63, 3.8) is 0 Å². The van der Waals surface area contributed by atoms with E-state index in [1.165, 1.54) is 13.0 Å². The molecule has 1 rings (SSSR count). The molecule has 70 valence electrons. The van der Waals surface area contributed by atoms with Gasteiger partial charge in [-0.05, 0) is 25.9 Å². The Morgan fingerprint density at radius 3 is 3.00 bits per heavy atom. The third kappa shape index (κ3) is 2.81. The second-order valence-electron chi connectivity index (χ2n) is 3.43. The molecule has 1 fully saturated rings. The van der Waals surface area contributed by atoms with E-state index in [0.29, 0.717) is 6.04 Å². The minimum Gasteiger partial charge on any atom is -0.352 e. The number of hydrogen-bond donors (Lipinski definition) is 1. The summed E-state index contributed by atoms with van der Waals surface area (Å²) in [5.41, 5.74) is 0. The Hall–Kier alpha value is -0.570. The lowest BCUT2D eigenvalue weighted by atomic mass is 10.1. The molecule has 3 nitrogen and oxygen atoms in total. The van der Waals surface area contributed by atoms with Gasteiger partial charge in [-0.1, -0.05) is 6.92 Å². The fourth-order valence-corrected chi connectivity index (χ4v) is 1.75. The molecule has 1 N–H and O–H groups in total. The normalized spacial score (nSPS) is 25.3. The number of nitrogens with zero attached hydrogens (tertiary/aromatic N) is 1. The Morgan fingerprint density at radius 2 is 2.42 bits per heavy atom. The lowest BCUT2D eigenvalue weighted by Gasteiger charge is -2.31. The fourth-order valence-electron chi connectivity index (χ4n) is 1.75. The van der Waals surface area contributed by atoms with Crippen LogP contribution in [0, 0.1) is 0 Å². The molecule has 0 saturated carbocycles. The number of hydrogen-bond acceptors (Lipinski definition) is 2.